The first-order valence-electron chi connectivity index (χ1n) is 5.88. The molecule has 0 spiro atoms. The number of aliphatic carboxylic acids is 1. The van der Waals surface area contributed by atoms with Crippen LogP contribution in [0.2, 0.25) is 0 Å². The highest BCUT2D eigenvalue weighted by atomic mass is 16.5. The van der Waals surface area contributed by atoms with Crippen molar-refractivity contribution in [1.29, 1.82) is 0 Å². The average molecular weight is 236 g/mol. The van der Waals surface area contributed by atoms with Crippen molar-refractivity contribution in [3.63, 3.8) is 0 Å². The van der Waals surface area contributed by atoms with Crippen LogP contribution in [-0.4, -0.2) is 18.2 Å². The van der Waals surface area contributed by atoms with Gasteiger partial charge in [0.15, 0.2) is 0 Å². The van der Waals surface area contributed by atoms with Crippen molar-refractivity contribution in [3.05, 3.63) is 29.8 Å². The van der Waals surface area contributed by atoms with Crippen LogP contribution in [0.5, 0.6) is 5.75 Å². The number of methoxy groups -OCH3 is 1. The molecule has 0 saturated carbocycles. The van der Waals surface area contributed by atoms with Crippen LogP contribution in [0.4, 0.5) is 0 Å². The van der Waals surface area contributed by atoms with Gasteiger partial charge in [-0.1, -0.05) is 32.0 Å². The molecule has 0 aliphatic heterocycles. The Morgan fingerprint density at radius 2 is 2.00 bits per heavy atom. The first kappa shape index (κ1) is 13.6. The molecule has 1 atom stereocenters. The molecule has 0 heterocycles. The van der Waals surface area contributed by atoms with E-state index in [9.17, 15) is 4.79 Å². The molecule has 1 N–H and O–H groups in total. The van der Waals surface area contributed by atoms with Crippen LogP contribution < -0.4 is 4.74 Å². The average Bonchev–Trinajstić information content (AvgIpc) is 2.28. The zero-order chi connectivity index (χ0) is 12.8. The number of ether oxygens (including phenoxy) is 1. The summed E-state index contributed by atoms with van der Waals surface area (Å²) in [6, 6.07) is 7.78. The van der Waals surface area contributed by atoms with Crippen LogP contribution >= 0.6 is 0 Å². The number of carboxylic acid groups (broad SMARTS) is 1. The van der Waals surface area contributed by atoms with Gasteiger partial charge in [-0.15, -0.1) is 0 Å². The predicted molar refractivity (Wildman–Crippen MR) is 67.3 cm³/mol. The van der Waals surface area contributed by atoms with Crippen LogP contribution in [0.25, 0.3) is 0 Å². The van der Waals surface area contributed by atoms with E-state index in [4.69, 9.17) is 9.84 Å². The predicted octanol–water partition coefficient (Wildman–Crippen LogP) is 2.98. The maximum Gasteiger partial charge on any atom is 0.303 e. The van der Waals surface area contributed by atoms with Crippen LogP contribution in [0.1, 0.15) is 25.8 Å². The second-order valence-electron chi connectivity index (χ2n) is 4.62. The van der Waals surface area contributed by atoms with Crippen LogP contribution in [0, 0.1) is 11.8 Å². The van der Waals surface area contributed by atoms with Crippen LogP contribution in [-0.2, 0) is 11.2 Å². The van der Waals surface area contributed by atoms with E-state index < -0.39 is 5.97 Å². The third-order valence-electron chi connectivity index (χ3n) is 3.05. The molecular formula is C14H20O3. The molecule has 0 bridgehead atoms. The second kappa shape index (κ2) is 6.28. The minimum Gasteiger partial charge on any atom is -0.496 e. The van der Waals surface area contributed by atoms with E-state index in [0.29, 0.717) is 5.92 Å². The molecule has 3 nitrogen and oxygen atoms in total. The van der Waals surface area contributed by atoms with Crippen molar-refractivity contribution in [2.24, 2.45) is 11.8 Å². The van der Waals surface area contributed by atoms with Crippen LogP contribution in [0.15, 0.2) is 24.3 Å². The normalized spacial score (nSPS) is 12.5. The Morgan fingerprint density at radius 3 is 2.53 bits per heavy atom. The van der Waals surface area contributed by atoms with Crippen LogP contribution in [0.3, 0.4) is 0 Å². The van der Waals surface area contributed by atoms with Gasteiger partial charge in [-0.3, -0.25) is 4.79 Å². The van der Waals surface area contributed by atoms with E-state index in [-0.39, 0.29) is 12.3 Å². The zero-order valence-corrected chi connectivity index (χ0v) is 10.6. The number of para-hydroxylation sites is 1. The highest BCUT2D eigenvalue weighted by molar-refractivity contribution is 5.67. The van der Waals surface area contributed by atoms with E-state index in [1.54, 1.807) is 7.11 Å². The number of benzene rings is 1. The minimum atomic E-state index is -0.737. The highest BCUT2D eigenvalue weighted by Crippen LogP contribution is 2.26. The van der Waals surface area contributed by atoms with Gasteiger partial charge >= 0.3 is 5.97 Å². The molecular weight excluding hydrogens is 216 g/mol. The molecule has 0 aliphatic rings. The van der Waals surface area contributed by atoms with Gasteiger partial charge in [-0.2, -0.15) is 0 Å². The molecule has 0 saturated heterocycles. The van der Waals surface area contributed by atoms with E-state index in [1.165, 1.54) is 0 Å². The lowest BCUT2D eigenvalue weighted by atomic mass is 9.86. The molecule has 1 rings (SSSR count). The van der Waals surface area contributed by atoms with Gasteiger partial charge < -0.3 is 9.84 Å². The number of rotatable bonds is 6. The third-order valence-corrected chi connectivity index (χ3v) is 3.05. The summed E-state index contributed by atoms with van der Waals surface area (Å²) < 4.78 is 5.28. The Labute approximate surface area is 102 Å². The Morgan fingerprint density at radius 1 is 1.35 bits per heavy atom. The van der Waals surface area contributed by atoms with Gasteiger partial charge in [-0.25, -0.2) is 0 Å². The number of hydrogen-bond donors (Lipinski definition) is 1. The number of carboxylic acids is 1. The van der Waals surface area contributed by atoms with Crippen molar-refractivity contribution in [2.45, 2.75) is 26.7 Å². The Kier molecular flexibility index (Phi) is 5.01. The molecule has 1 aromatic carbocycles. The zero-order valence-electron chi connectivity index (χ0n) is 10.6. The fraction of sp³-hybridized carbons (Fsp3) is 0.500. The Hall–Kier alpha value is -1.51. The van der Waals surface area contributed by atoms with Gasteiger partial charge in [0.25, 0.3) is 0 Å². The quantitative estimate of drug-likeness (QED) is 0.826. The van der Waals surface area contributed by atoms with Gasteiger partial charge in [0.05, 0.1) is 7.11 Å². The van der Waals surface area contributed by atoms with Crippen molar-refractivity contribution < 1.29 is 14.6 Å². The van der Waals surface area contributed by atoms with E-state index >= 15 is 0 Å². The van der Waals surface area contributed by atoms with Crippen molar-refractivity contribution >= 4 is 5.97 Å². The molecule has 0 unspecified atom stereocenters. The molecule has 0 aliphatic carbocycles. The van der Waals surface area contributed by atoms with Gasteiger partial charge in [0.1, 0.15) is 5.75 Å². The van der Waals surface area contributed by atoms with Gasteiger partial charge in [0.2, 0.25) is 0 Å². The largest absolute Gasteiger partial charge is 0.496 e. The molecule has 3 heteroatoms. The SMILES string of the molecule is COc1ccccc1C[C@H](CC(=O)O)C(C)C. The summed E-state index contributed by atoms with van der Waals surface area (Å²) in [5, 5.41) is 8.91. The third kappa shape index (κ3) is 4.10. The molecule has 0 radical (unpaired) electrons. The maximum absolute atomic E-state index is 10.8. The number of carbonyl (C=O) groups is 1. The molecule has 0 amide bonds. The lowest BCUT2D eigenvalue weighted by Gasteiger charge is -2.20. The molecule has 17 heavy (non-hydrogen) atoms. The molecule has 94 valence electrons. The fourth-order valence-corrected chi connectivity index (χ4v) is 1.92. The Bertz CT molecular complexity index is 371. The minimum absolute atomic E-state index is 0.142. The fourth-order valence-electron chi connectivity index (χ4n) is 1.92. The first-order valence-corrected chi connectivity index (χ1v) is 5.88. The summed E-state index contributed by atoms with van der Waals surface area (Å²) in [4.78, 5) is 10.8. The second-order valence-corrected chi connectivity index (χ2v) is 4.62. The van der Waals surface area contributed by atoms with E-state index in [0.717, 1.165) is 17.7 Å². The van der Waals surface area contributed by atoms with Gasteiger partial charge in [0, 0.05) is 6.42 Å². The summed E-state index contributed by atoms with van der Waals surface area (Å²) in [5.41, 5.74) is 1.08. The monoisotopic (exact) mass is 236 g/mol. The summed E-state index contributed by atoms with van der Waals surface area (Å²) in [5.74, 6) is 0.585. The highest BCUT2D eigenvalue weighted by Gasteiger charge is 2.19. The van der Waals surface area contributed by atoms with Crippen molar-refractivity contribution in [1.82, 2.24) is 0 Å². The lowest BCUT2D eigenvalue weighted by Crippen LogP contribution is -2.16. The Balaban J connectivity index is 2.81. The summed E-state index contributed by atoms with van der Waals surface area (Å²) >= 11 is 0. The first-order chi connectivity index (χ1) is 8.04. The van der Waals surface area contributed by atoms with Crippen molar-refractivity contribution in [2.75, 3.05) is 7.11 Å². The van der Waals surface area contributed by atoms with E-state index in [1.807, 2.05) is 24.3 Å². The van der Waals surface area contributed by atoms with E-state index in [2.05, 4.69) is 13.8 Å². The summed E-state index contributed by atoms with van der Waals surface area (Å²) in [6.45, 7) is 4.12. The molecule has 0 aromatic heterocycles. The lowest BCUT2D eigenvalue weighted by molar-refractivity contribution is -0.138. The molecule has 0 fully saturated rings. The smallest absolute Gasteiger partial charge is 0.303 e. The standard InChI is InChI=1S/C14H20O3/c1-10(2)12(9-14(15)16)8-11-6-4-5-7-13(11)17-3/h4-7,10,12H,8-9H2,1-3H3,(H,15,16)/t12-/m1/s1. The topological polar surface area (TPSA) is 46.5 Å². The molecule has 1 aromatic rings. The summed E-state index contributed by atoms with van der Waals surface area (Å²) in [7, 11) is 1.64. The van der Waals surface area contributed by atoms with Gasteiger partial charge in [-0.05, 0) is 29.9 Å². The summed E-state index contributed by atoms with van der Waals surface area (Å²) in [6.07, 6.45) is 0.948. The number of hydrogen-bond acceptors (Lipinski definition) is 2. The maximum atomic E-state index is 10.8. The van der Waals surface area contributed by atoms with Crippen molar-refractivity contribution in [3.8, 4) is 5.75 Å².